The molecule has 2 aromatic carbocycles. The average Bonchev–Trinajstić information content (AvgIpc) is 3.59. The number of thiophene rings is 1. The molecule has 34 heavy (non-hydrogen) atoms. The van der Waals surface area contributed by atoms with Crippen LogP contribution in [0.1, 0.15) is 45.5 Å². The van der Waals surface area contributed by atoms with E-state index in [9.17, 15) is 9.59 Å². The summed E-state index contributed by atoms with van der Waals surface area (Å²) in [5.41, 5.74) is 3.01. The van der Waals surface area contributed by atoms with Crippen molar-refractivity contribution in [2.75, 3.05) is 18.5 Å². The van der Waals surface area contributed by atoms with Crippen LogP contribution in [0.2, 0.25) is 0 Å². The molecule has 0 bridgehead atoms. The minimum Gasteiger partial charge on any atom is -0.373 e. The molecule has 3 heterocycles. The Morgan fingerprint density at radius 3 is 2.65 bits per heavy atom. The maximum absolute atomic E-state index is 13.3. The lowest BCUT2D eigenvalue weighted by atomic mass is 10.0. The lowest BCUT2D eigenvalue weighted by Gasteiger charge is -2.23. The Balaban J connectivity index is 1.45. The number of hydrogen-bond donors (Lipinski definition) is 2. The predicted molar refractivity (Wildman–Crippen MR) is 136 cm³/mol. The molecule has 1 saturated heterocycles. The molecule has 6 nitrogen and oxygen atoms in total. The quantitative estimate of drug-likeness (QED) is 0.382. The Morgan fingerprint density at radius 2 is 1.91 bits per heavy atom. The van der Waals surface area contributed by atoms with Crippen LogP contribution in [0, 0.1) is 0 Å². The third-order valence-electron chi connectivity index (χ3n) is 6.24. The van der Waals surface area contributed by atoms with Crippen LogP contribution >= 0.6 is 11.3 Å². The number of amides is 2. The molecule has 4 aromatic rings. The molecular formula is C27H27N3O3S. The van der Waals surface area contributed by atoms with Crippen LogP contribution in [0.5, 0.6) is 0 Å². The number of fused-ring (bicyclic) bond motifs is 1. The Morgan fingerprint density at radius 1 is 1.06 bits per heavy atom. The van der Waals surface area contributed by atoms with Crippen molar-refractivity contribution in [3.8, 4) is 0 Å². The predicted octanol–water partition coefficient (Wildman–Crippen LogP) is 5.30. The van der Waals surface area contributed by atoms with Gasteiger partial charge in [-0.25, -0.2) is 0 Å². The van der Waals surface area contributed by atoms with E-state index >= 15 is 0 Å². The van der Waals surface area contributed by atoms with Crippen LogP contribution in [0.15, 0.2) is 72.1 Å². The second kappa shape index (κ2) is 9.44. The van der Waals surface area contributed by atoms with E-state index in [0.29, 0.717) is 29.3 Å². The van der Waals surface area contributed by atoms with Gasteiger partial charge < -0.3 is 19.9 Å². The highest BCUT2D eigenvalue weighted by molar-refractivity contribution is 7.12. The molecule has 0 aliphatic carbocycles. The highest BCUT2D eigenvalue weighted by atomic mass is 32.1. The Bertz CT molecular complexity index is 1310. The third kappa shape index (κ3) is 4.76. The zero-order valence-electron chi connectivity index (χ0n) is 19.0. The molecular weight excluding hydrogens is 446 g/mol. The Labute approximate surface area is 202 Å². The van der Waals surface area contributed by atoms with Crippen molar-refractivity contribution in [3.05, 3.63) is 88.2 Å². The zero-order valence-corrected chi connectivity index (χ0v) is 19.9. The van der Waals surface area contributed by atoms with Crippen molar-refractivity contribution >= 4 is 39.7 Å². The summed E-state index contributed by atoms with van der Waals surface area (Å²) in [6.45, 7) is 3.82. The first-order chi connectivity index (χ1) is 16.5. The van der Waals surface area contributed by atoms with E-state index in [1.165, 1.54) is 11.3 Å². The maximum atomic E-state index is 13.3. The summed E-state index contributed by atoms with van der Waals surface area (Å²) < 4.78 is 7.86. The van der Waals surface area contributed by atoms with Gasteiger partial charge in [-0.1, -0.05) is 36.4 Å². The van der Waals surface area contributed by atoms with Crippen molar-refractivity contribution in [1.29, 1.82) is 0 Å². The Kier molecular flexibility index (Phi) is 6.22. The fraction of sp³-hybridized carbons (Fsp3) is 0.259. The molecule has 5 rings (SSSR count). The van der Waals surface area contributed by atoms with Gasteiger partial charge in [0.2, 0.25) is 0 Å². The highest BCUT2D eigenvalue weighted by Gasteiger charge is 2.30. The molecule has 2 amide bonds. The van der Waals surface area contributed by atoms with Crippen molar-refractivity contribution < 1.29 is 14.3 Å². The number of carbonyl (C=O) groups excluding carboxylic acids is 2. The SMILES string of the molecule is CC1(CNC(=O)c2cc3cc(NC(=O)c4cccs4)ccc3n2Cc2ccccc2)CCCO1. The minimum atomic E-state index is -0.314. The van der Waals surface area contributed by atoms with Gasteiger partial charge in [0.1, 0.15) is 5.69 Å². The summed E-state index contributed by atoms with van der Waals surface area (Å²) in [4.78, 5) is 26.4. The molecule has 2 aromatic heterocycles. The second-order valence-electron chi connectivity index (χ2n) is 8.89. The van der Waals surface area contributed by atoms with Gasteiger partial charge in [-0.05, 0) is 61.0 Å². The minimum absolute atomic E-state index is 0.131. The van der Waals surface area contributed by atoms with Gasteiger partial charge in [0.15, 0.2) is 0 Å². The van der Waals surface area contributed by atoms with Gasteiger partial charge in [0, 0.05) is 36.3 Å². The second-order valence-corrected chi connectivity index (χ2v) is 9.84. The van der Waals surface area contributed by atoms with E-state index in [1.807, 2.05) is 65.4 Å². The lowest BCUT2D eigenvalue weighted by Crippen LogP contribution is -2.40. The molecule has 174 valence electrons. The standard InChI is InChI=1S/C27H27N3O3S/c1-27(12-6-13-33-27)18-28-25(31)23-16-20-15-21(29-26(32)24-9-5-14-34-24)10-11-22(20)30(23)17-19-7-3-2-4-8-19/h2-5,7-11,14-16H,6,12-13,17-18H2,1H3,(H,28,31)(H,29,32). The number of nitrogens with zero attached hydrogens (tertiary/aromatic N) is 1. The van der Waals surface area contributed by atoms with Gasteiger partial charge in [0.05, 0.1) is 10.5 Å². The van der Waals surface area contributed by atoms with Crippen molar-refractivity contribution in [3.63, 3.8) is 0 Å². The van der Waals surface area contributed by atoms with Crippen molar-refractivity contribution in [1.82, 2.24) is 9.88 Å². The summed E-state index contributed by atoms with van der Waals surface area (Å²) in [5, 5.41) is 8.81. The number of rotatable bonds is 7. The number of ether oxygens (including phenoxy) is 1. The van der Waals surface area contributed by atoms with Crippen LogP contribution in [0.3, 0.4) is 0 Å². The molecule has 1 atom stereocenters. The van der Waals surface area contributed by atoms with Crippen LogP contribution < -0.4 is 10.6 Å². The summed E-state index contributed by atoms with van der Waals surface area (Å²) in [6.07, 6.45) is 1.95. The van der Waals surface area contributed by atoms with Gasteiger partial charge in [0.25, 0.3) is 11.8 Å². The topological polar surface area (TPSA) is 72.4 Å². The van der Waals surface area contributed by atoms with Gasteiger partial charge in [-0.2, -0.15) is 0 Å². The van der Waals surface area contributed by atoms with Gasteiger partial charge >= 0.3 is 0 Å². The molecule has 1 unspecified atom stereocenters. The van der Waals surface area contributed by atoms with Crippen molar-refractivity contribution in [2.24, 2.45) is 0 Å². The first-order valence-corrected chi connectivity index (χ1v) is 12.3. The van der Waals surface area contributed by atoms with E-state index in [1.54, 1.807) is 6.07 Å². The molecule has 2 N–H and O–H groups in total. The van der Waals surface area contributed by atoms with Crippen LogP contribution in [-0.2, 0) is 11.3 Å². The number of nitrogens with one attached hydrogen (secondary N) is 2. The molecule has 1 fully saturated rings. The fourth-order valence-electron chi connectivity index (χ4n) is 4.41. The summed E-state index contributed by atoms with van der Waals surface area (Å²) in [6, 6.07) is 21.4. The average molecular weight is 474 g/mol. The molecule has 0 spiro atoms. The van der Waals surface area contributed by atoms with E-state index in [0.717, 1.165) is 35.9 Å². The number of hydrogen-bond acceptors (Lipinski definition) is 4. The fourth-order valence-corrected chi connectivity index (χ4v) is 5.03. The monoisotopic (exact) mass is 473 g/mol. The molecule has 0 saturated carbocycles. The smallest absolute Gasteiger partial charge is 0.268 e. The lowest BCUT2D eigenvalue weighted by molar-refractivity contribution is 0.0205. The van der Waals surface area contributed by atoms with E-state index in [4.69, 9.17) is 4.74 Å². The van der Waals surface area contributed by atoms with Gasteiger partial charge in [-0.3, -0.25) is 9.59 Å². The first kappa shape index (κ1) is 22.4. The van der Waals surface area contributed by atoms with Crippen LogP contribution in [-0.4, -0.2) is 35.1 Å². The molecule has 0 radical (unpaired) electrons. The van der Waals surface area contributed by atoms with E-state index in [-0.39, 0.29) is 17.4 Å². The van der Waals surface area contributed by atoms with E-state index in [2.05, 4.69) is 22.8 Å². The third-order valence-corrected chi connectivity index (χ3v) is 7.11. The largest absolute Gasteiger partial charge is 0.373 e. The summed E-state index contributed by atoms with van der Waals surface area (Å²) in [7, 11) is 0. The highest BCUT2D eigenvalue weighted by Crippen LogP contribution is 2.27. The Hall–Kier alpha value is -3.42. The number of carbonyl (C=O) groups is 2. The van der Waals surface area contributed by atoms with Crippen LogP contribution in [0.25, 0.3) is 10.9 Å². The van der Waals surface area contributed by atoms with E-state index < -0.39 is 0 Å². The summed E-state index contributed by atoms with van der Waals surface area (Å²) in [5.74, 6) is -0.270. The number of anilines is 1. The zero-order chi connectivity index (χ0) is 23.5. The van der Waals surface area contributed by atoms with Crippen LogP contribution in [0.4, 0.5) is 5.69 Å². The normalized spacial score (nSPS) is 17.7. The number of aromatic nitrogens is 1. The molecule has 7 heteroatoms. The number of benzene rings is 2. The molecule has 1 aliphatic rings. The van der Waals surface area contributed by atoms with Gasteiger partial charge in [-0.15, -0.1) is 11.3 Å². The summed E-state index contributed by atoms with van der Waals surface area (Å²) >= 11 is 1.40. The first-order valence-electron chi connectivity index (χ1n) is 11.4. The molecule has 1 aliphatic heterocycles. The van der Waals surface area contributed by atoms with Crippen molar-refractivity contribution in [2.45, 2.75) is 31.9 Å². The maximum Gasteiger partial charge on any atom is 0.268 e.